The second-order valence-electron chi connectivity index (χ2n) is 6.02. The number of rotatable bonds is 9. The fourth-order valence-electron chi connectivity index (χ4n) is 2.75. The Morgan fingerprint density at radius 1 is 0.828 bits per heavy atom. The number of amides is 1. The SMILES string of the molecule is COc1ccccc1CN(C)C(=O)COC(=O)c1ccc(OC)c(OC)c1OC. The molecule has 0 spiro atoms. The van der Waals surface area contributed by atoms with E-state index in [2.05, 4.69) is 0 Å². The Bertz CT molecular complexity index is 866. The molecule has 156 valence electrons. The molecule has 0 N–H and O–H groups in total. The molecule has 0 unspecified atom stereocenters. The third-order valence-electron chi connectivity index (χ3n) is 4.28. The monoisotopic (exact) mass is 403 g/mol. The minimum absolute atomic E-state index is 0.130. The standard InChI is InChI=1S/C21H25NO7/c1-22(12-14-8-6-7-9-16(14)25-2)18(23)13-29-21(24)15-10-11-17(26-3)20(28-5)19(15)27-4/h6-11H,12-13H2,1-5H3. The number of likely N-dealkylation sites (N-methyl/N-ethyl adjacent to an activating group) is 1. The average molecular weight is 403 g/mol. The summed E-state index contributed by atoms with van der Waals surface area (Å²) < 4.78 is 26.2. The second kappa shape index (κ2) is 10.2. The summed E-state index contributed by atoms with van der Waals surface area (Å²) in [6, 6.07) is 10.4. The topological polar surface area (TPSA) is 83.5 Å². The molecule has 0 fully saturated rings. The summed E-state index contributed by atoms with van der Waals surface area (Å²) >= 11 is 0. The van der Waals surface area contributed by atoms with Crippen LogP contribution in [0.3, 0.4) is 0 Å². The number of hydrogen-bond acceptors (Lipinski definition) is 7. The molecule has 0 atom stereocenters. The molecule has 8 heteroatoms. The Hall–Kier alpha value is -3.42. The molecular weight excluding hydrogens is 378 g/mol. The quantitative estimate of drug-likeness (QED) is 0.595. The van der Waals surface area contributed by atoms with Gasteiger partial charge < -0.3 is 28.6 Å². The van der Waals surface area contributed by atoms with Crippen molar-refractivity contribution in [2.24, 2.45) is 0 Å². The molecule has 0 aliphatic carbocycles. The molecule has 1 amide bonds. The summed E-state index contributed by atoms with van der Waals surface area (Å²) in [6.45, 7) is -0.0952. The predicted octanol–water partition coefficient (Wildman–Crippen LogP) is 2.54. The van der Waals surface area contributed by atoms with Crippen molar-refractivity contribution in [1.82, 2.24) is 4.90 Å². The van der Waals surface area contributed by atoms with Gasteiger partial charge in [0, 0.05) is 19.2 Å². The summed E-state index contributed by atoms with van der Waals surface area (Å²) in [5, 5.41) is 0. The lowest BCUT2D eigenvalue weighted by molar-refractivity contribution is -0.133. The van der Waals surface area contributed by atoms with Crippen LogP contribution in [0.5, 0.6) is 23.0 Å². The van der Waals surface area contributed by atoms with E-state index in [9.17, 15) is 9.59 Å². The maximum absolute atomic E-state index is 12.5. The molecule has 2 aromatic carbocycles. The molecule has 0 aliphatic rings. The van der Waals surface area contributed by atoms with Gasteiger partial charge in [-0.05, 0) is 18.2 Å². The number of hydrogen-bond donors (Lipinski definition) is 0. The van der Waals surface area contributed by atoms with E-state index in [1.807, 2.05) is 24.3 Å². The van der Waals surface area contributed by atoms with Crippen LogP contribution in [-0.4, -0.2) is 58.9 Å². The number of ether oxygens (including phenoxy) is 5. The molecule has 2 aromatic rings. The van der Waals surface area contributed by atoms with Gasteiger partial charge in [-0.3, -0.25) is 4.79 Å². The molecule has 0 aliphatic heterocycles. The highest BCUT2D eigenvalue weighted by molar-refractivity contribution is 5.95. The van der Waals surface area contributed by atoms with E-state index in [4.69, 9.17) is 23.7 Å². The van der Waals surface area contributed by atoms with Crippen LogP contribution in [0.25, 0.3) is 0 Å². The largest absolute Gasteiger partial charge is 0.496 e. The molecular formula is C21H25NO7. The summed E-state index contributed by atoms with van der Waals surface area (Å²) in [6.07, 6.45) is 0. The maximum atomic E-state index is 12.5. The molecule has 0 radical (unpaired) electrons. The van der Waals surface area contributed by atoms with Gasteiger partial charge >= 0.3 is 5.97 Å². The Kier molecular flexibility index (Phi) is 7.70. The highest BCUT2D eigenvalue weighted by atomic mass is 16.5. The Morgan fingerprint density at radius 3 is 2.10 bits per heavy atom. The average Bonchev–Trinajstić information content (AvgIpc) is 2.76. The van der Waals surface area contributed by atoms with Gasteiger partial charge in [0.05, 0.1) is 28.4 Å². The summed E-state index contributed by atoms with van der Waals surface area (Å²) in [4.78, 5) is 26.3. The lowest BCUT2D eigenvalue weighted by Crippen LogP contribution is -2.31. The summed E-state index contributed by atoms with van der Waals surface area (Å²) in [7, 11) is 7.51. The zero-order valence-corrected chi connectivity index (χ0v) is 17.2. The van der Waals surface area contributed by atoms with Crippen LogP contribution >= 0.6 is 0 Å². The molecule has 0 aromatic heterocycles. The molecule has 29 heavy (non-hydrogen) atoms. The minimum atomic E-state index is -0.707. The van der Waals surface area contributed by atoms with Crippen LogP contribution in [0.4, 0.5) is 0 Å². The van der Waals surface area contributed by atoms with E-state index in [0.717, 1.165) is 5.56 Å². The Balaban J connectivity index is 2.05. The summed E-state index contributed by atoms with van der Waals surface area (Å²) in [5.41, 5.74) is 0.976. The second-order valence-corrected chi connectivity index (χ2v) is 6.02. The zero-order chi connectivity index (χ0) is 21.4. The number of carbonyl (C=O) groups excluding carboxylic acids is 2. The third kappa shape index (κ3) is 5.10. The first-order valence-corrected chi connectivity index (χ1v) is 8.78. The fourth-order valence-corrected chi connectivity index (χ4v) is 2.75. The van der Waals surface area contributed by atoms with Crippen molar-refractivity contribution in [2.75, 3.05) is 42.1 Å². The van der Waals surface area contributed by atoms with Crippen LogP contribution in [-0.2, 0) is 16.1 Å². The predicted molar refractivity (Wildman–Crippen MR) is 106 cm³/mol. The van der Waals surface area contributed by atoms with Crippen LogP contribution in [0.2, 0.25) is 0 Å². The zero-order valence-electron chi connectivity index (χ0n) is 17.2. The normalized spacial score (nSPS) is 10.1. The molecule has 0 saturated carbocycles. The van der Waals surface area contributed by atoms with Gasteiger partial charge in [-0.25, -0.2) is 4.79 Å². The fraction of sp³-hybridized carbons (Fsp3) is 0.333. The van der Waals surface area contributed by atoms with Gasteiger partial charge in [0.25, 0.3) is 5.91 Å². The highest BCUT2D eigenvalue weighted by Gasteiger charge is 2.23. The van der Waals surface area contributed by atoms with Gasteiger partial charge in [0.15, 0.2) is 18.1 Å². The highest BCUT2D eigenvalue weighted by Crippen LogP contribution is 2.39. The van der Waals surface area contributed by atoms with E-state index in [0.29, 0.717) is 18.0 Å². The number of nitrogens with zero attached hydrogens (tertiary/aromatic N) is 1. The van der Waals surface area contributed by atoms with Gasteiger partial charge in [0.1, 0.15) is 11.3 Å². The van der Waals surface area contributed by atoms with Crippen LogP contribution in [0, 0.1) is 0 Å². The number of carbonyl (C=O) groups is 2. The number of benzene rings is 2. The van der Waals surface area contributed by atoms with Crippen molar-refractivity contribution >= 4 is 11.9 Å². The van der Waals surface area contributed by atoms with Gasteiger partial charge in [-0.2, -0.15) is 0 Å². The van der Waals surface area contributed by atoms with E-state index >= 15 is 0 Å². The summed E-state index contributed by atoms with van der Waals surface area (Å²) in [5.74, 6) is 0.467. The third-order valence-corrected chi connectivity index (χ3v) is 4.28. The van der Waals surface area contributed by atoms with Gasteiger partial charge in [-0.15, -0.1) is 0 Å². The van der Waals surface area contributed by atoms with E-state index < -0.39 is 12.6 Å². The molecule has 8 nitrogen and oxygen atoms in total. The lowest BCUT2D eigenvalue weighted by atomic mass is 10.1. The Morgan fingerprint density at radius 2 is 1.48 bits per heavy atom. The van der Waals surface area contributed by atoms with E-state index in [1.165, 1.54) is 32.3 Å². The van der Waals surface area contributed by atoms with Crippen molar-refractivity contribution in [3.05, 3.63) is 47.5 Å². The van der Waals surface area contributed by atoms with Crippen LogP contribution < -0.4 is 18.9 Å². The molecule has 0 bridgehead atoms. The first-order valence-electron chi connectivity index (χ1n) is 8.78. The number of para-hydroxylation sites is 1. The molecule has 0 heterocycles. The van der Waals surface area contributed by atoms with Crippen molar-refractivity contribution in [3.63, 3.8) is 0 Å². The molecule has 2 rings (SSSR count). The minimum Gasteiger partial charge on any atom is -0.496 e. The van der Waals surface area contributed by atoms with E-state index in [-0.39, 0.29) is 23.0 Å². The first-order chi connectivity index (χ1) is 14.0. The smallest absolute Gasteiger partial charge is 0.342 e. The van der Waals surface area contributed by atoms with Crippen molar-refractivity contribution < 1.29 is 33.3 Å². The van der Waals surface area contributed by atoms with E-state index in [1.54, 1.807) is 20.2 Å². The van der Waals surface area contributed by atoms with Crippen molar-refractivity contribution in [2.45, 2.75) is 6.54 Å². The van der Waals surface area contributed by atoms with Crippen LogP contribution in [0.15, 0.2) is 36.4 Å². The number of methoxy groups -OCH3 is 4. The molecule has 0 saturated heterocycles. The maximum Gasteiger partial charge on any atom is 0.342 e. The van der Waals surface area contributed by atoms with Crippen LogP contribution in [0.1, 0.15) is 15.9 Å². The Labute approximate surface area is 169 Å². The van der Waals surface area contributed by atoms with Crippen molar-refractivity contribution in [1.29, 1.82) is 0 Å². The lowest BCUT2D eigenvalue weighted by Gasteiger charge is -2.19. The van der Waals surface area contributed by atoms with Crippen molar-refractivity contribution in [3.8, 4) is 23.0 Å². The van der Waals surface area contributed by atoms with Gasteiger partial charge in [-0.1, -0.05) is 18.2 Å². The first kappa shape index (κ1) is 21.9. The van der Waals surface area contributed by atoms with Gasteiger partial charge in [0.2, 0.25) is 5.75 Å². The number of esters is 1.